The molecule has 6 saturated heterocycles. The number of rotatable bonds is 17. The van der Waals surface area contributed by atoms with Crippen molar-refractivity contribution in [1.82, 2.24) is 60.2 Å². The van der Waals surface area contributed by atoms with Gasteiger partial charge in [-0.2, -0.15) is 0 Å². The maximum absolute atomic E-state index is 12.1. The van der Waals surface area contributed by atoms with Gasteiger partial charge in [-0.1, -0.05) is 50.3 Å². The molecule has 0 saturated carbocycles. The highest BCUT2D eigenvalue weighted by Gasteiger charge is 2.25. The number of hydrogen-bond donors (Lipinski definition) is 10. The van der Waals surface area contributed by atoms with Gasteiger partial charge in [0.25, 0.3) is 0 Å². The number of aliphatic hydroxyl groups is 1. The number of carbonyl (C=O) groups excluding carboxylic acids is 2. The number of primary amides is 2. The first kappa shape index (κ1) is 67.5. The number of H-pyrrole nitrogens is 1. The number of carboxylic acids is 2. The molecule has 3 atom stereocenters. The average Bonchev–Trinajstić information content (AvgIpc) is 4.08. The van der Waals surface area contributed by atoms with Crippen molar-refractivity contribution in [2.45, 2.75) is 114 Å². The van der Waals surface area contributed by atoms with E-state index in [1.807, 2.05) is 67.1 Å². The van der Waals surface area contributed by atoms with E-state index < -0.39 is 11.9 Å². The van der Waals surface area contributed by atoms with Crippen LogP contribution in [-0.4, -0.2) is 249 Å². The Morgan fingerprint density at radius 3 is 1.73 bits per heavy atom. The zero-order valence-corrected chi connectivity index (χ0v) is 48.3. The van der Waals surface area contributed by atoms with Crippen LogP contribution in [0.5, 0.6) is 0 Å². The number of amides is 2. The van der Waals surface area contributed by atoms with Crippen molar-refractivity contribution in [3.05, 3.63) is 59.4 Å². The summed E-state index contributed by atoms with van der Waals surface area (Å²) in [6.07, 6.45) is 14.5. The van der Waals surface area contributed by atoms with Crippen LogP contribution < -0.4 is 38.4 Å². The van der Waals surface area contributed by atoms with Gasteiger partial charge < -0.3 is 72.6 Å². The van der Waals surface area contributed by atoms with Gasteiger partial charge >= 0.3 is 17.6 Å². The second-order valence-electron chi connectivity index (χ2n) is 21.8. The first-order valence-electron chi connectivity index (χ1n) is 28.6. The third-order valence-electron chi connectivity index (χ3n) is 15.4. The van der Waals surface area contributed by atoms with Crippen LogP contribution in [0.3, 0.4) is 0 Å². The van der Waals surface area contributed by atoms with Gasteiger partial charge in [0.2, 0.25) is 11.8 Å². The summed E-state index contributed by atoms with van der Waals surface area (Å²) in [6.45, 7) is 21.5. The summed E-state index contributed by atoms with van der Waals surface area (Å²) in [7, 11) is 10.1. The molecular weight excluding hydrogens is 997 g/mol. The van der Waals surface area contributed by atoms with Gasteiger partial charge in [-0.25, -0.2) is 4.79 Å². The minimum Gasteiger partial charge on any atom is -0.511 e. The second-order valence-corrected chi connectivity index (χ2v) is 21.8. The standard InChI is InChI=1S/C15H19N3O.C10H21N3O.C10H19NO2.C8H17N3O.C7H14N2O.C6H12N2O2/c1-17-9-7-13(8-10-17)18-11-14(16-15(18)19)12-5-3-2-4-6-12;1-2-3-4-12-5-7-13(8-6-12)9-10(11)14;1-11-7-5-9(6-8-11)3-2-4-10(12)13;1-10-7-2-4-11(5-3-7)6-8(9)12;1-5(10)7-3-6(8-2)4-9-7;1-8-3-2-7-5(4-8)6(9)10/h2-6,11,13H,7-10H2,1H3,(H,16,19);2-9H2,1H3,(H2,11,14);9H,2-8H2,1H3,(H,12,13);7,10H,2-6H2,1H3,(H2,9,12);6-10H,1,3-4H2,2H3;5,7H,2-4H2,1H3,(H,9,10)/t;;;;6?,7-;/m....0./s1. The molecule has 0 spiro atoms. The molecule has 7 heterocycles. The number of benzene rings is 1. The Morgan fingerprint density at radius 2 is 1.26 bits per heavy atom. The lowest BCUT2D eigenvalue weighted by Crippen LogP contribution is -2.52. The number of nitrogens with two attached hydrogens (primary N) is 2. The predicted molar refractivity (Wildman–Crippen MR) is 311 cm³/mol. The van der Waals surface area contributed by atoms with E-state index in [4.69, 9.17) is 26.8 Å². The van der Waals surface area contributed by atoms with Crippen molar-refractivity contribution in [3.8, 4) is 11.3 Å². The topological polar surface area (TPSA) is 286 Å². The third-order valence-corrected chi connectivity index (χ3v) is 15.4. The molecule has 12 N–H and O–H groups in total. The minimum absolute atomic E-state index is 0.00778. The molecule has 1 aromatic carbocycles. The molecule has 0 radical (unpaired) electrons. The fourth-order valence-corrected chi connectivity index (χ4v) is 10.3. The number of piperidine rings is 3. The number of likely N-dealkylation sites (tertiary alicyclic amines) is 3. The number of aliphatic hydroxyl groups excluding tert-OH is 1. The lowest BCUT2D eigenvalue weighted by Gasteiger charge is -2.33. The Morgan fingerprint density at radius 1 is 0.692 bits per heavy atom. The molecule has 6 aliphatic rings. The number of unbranched alkanes of at least 4 members (excludes halogenated alkanes) is 1. The number of imidazole rings is 1. The number of carbonyl (C=O) groups is 4. The fourth-order valence-electron chi connectivity index (χ4n) is 10.3. The number of carboxylic acid groups (broad SMARTS) is 2. The van der Waals surface area contributed by atoms with E-state index in [0.717, 1.165) is 134 Å². The number of aromatic nitrogens is 2. The second kappa shape index (κ2) is 38.0. The molecule has 22 heteroatoms. The van der Waals surface area contributed by atoms with Gasteiger partial charge in [-0.15, -0.1) is 0 Å². The zero-order valence-electron chi connectivity index (χ0n) is 48.3. The lowest BCUT2D eigenvalue weighted by molar-refractivity contribution is -0.140. The van der Waals surface area contributed by atoms with Gasteiger partial charge in [0.1, 0.15) is 11.8 Å². The Labute approximate surface area is 465 Å². The first-order chi connectivity index (χ1) is 37.3. The van der Waals surface area contributed by atoms with E-state index in [1.54, 1.807) is 0 Å². The van der Waals surface area contributed by atoms with E-state index in [2.05, 4.69) is 78.3 Å². The van der Waals surface area contributed by atoms with Crippen molar-refractivity contribution < 1.29 is 34.5 Å². The summed E-state index contributed by atoms with van der Waals surface area (Å²) in [5, 5.41) is 38.4. The molecule has 2 aromatic rings. The van der Waals surface area contributed by atoms with Gasteiger partial charge in [0.05, 0.1) is 24.8 Å². The number of nitrogens with zero attached hydrogens (tertiary/aromatic N) is 7. The fraction of sp³-hybridized carbons (Fsp3) is 0.732. The quantitative estimate of drug-likeness (QED) is 0.101. The molecule has 22 nitrogen and oxygen atoms in total. The molecule has 0 bridgehead atoms. The predicted octanol–water partition coefficient (Wildman–Crippen LogP) is 1.72. The largest absolute Gasteiger partial charge is 0.511 e. The first-order valence-corrected chi connectivity index (χ1v) is 28.6. The Bertz CT molecular complexity index is 2050. The van der Waals surface area contributed by atoms with Gasteiger partial charge in [-0.05, 0) is 144 Å². The van der Waals surface area contributed by atoms with E-state index in [-0.39, 0.29) is 35.3 Å². The molecule has 2 amide bonds. The van der Waals surface area contributed by atoms with Crippen LogP contribution in [0.25, 0.3) is 11.3 Å². The summed E-state index contributed by atoms with van der Waals surface area (Å²) in [6, 6.07) is 11.1. The van der Waals surface area contributed by atoms with Crippen molar-refractivity contribution in [2.75, 3.05) is 146 Å². The molecule has 0 aliphatic carbocycles. The molecule has 8 rings (SSSR count). The number of aromatic amines is 1. The summed E-state index contributed by atoms with van der Waals surface area (Å²) in [5.41, 5.74) is 12.2. The van der Waals surface area contributed by atoms with E-state index in [9.17, 15) is 24.0 Å². The summed E-state index contributed by atoms with van der Waals surface area (Å²) in [5.74, 6) is -0.835. The van der Waals surface area contributed by atoms with Crippen LogP contribution in [0, 0.1) is 5.92 Å². The maximum Gasteiger partial charge on any atom is 0.326 e. The van der Waals surface area contributed by atoms with E-state index in [1.165, 1.54) is 45.3 Å². The van der Waals surface area contributed by atoms with Crippen LogP contribution in [0.2, 0.25) is 0 Å². The van der Waals surface area contributed by atoms with Crippen molar-refractivity contribution in [2.24, 2.45) is 17.4 Å². The van der Waals surface area contributed by atoms with E-state index in [0.29, 0.717) is 44.2 Å². The molecule has 444 valence electrons. The summed E-state index contributed by atoms with van der Waals surface area (Å²) < 4.78 is 1.87. The molecule has 2 unspecified atom stereocenters. The van der Waals surface area contributed by atoms with Crippen LogP contribution in [0.4, 0.5) is 0 Å². The molecular formula is C56H102N14O8. The SMILES string of the molecule is C=C(O)[C@@H]1CC(NC)CN1.CCCCN1CCN(CC(N)=O)CC1.CN1CCC(CCCC(=O)O)CC1.CN1CCC(n2cc(-c3ccccc3)[nH]c2=O)CC1.CN1CCNC(C(=O)O)C1.CNC1CCN(CC(N)=O)CC1. The molecule has 6 aliphatic heterocycles. The van der Waals surface area contributed by atoms with Gasteiger partial charge in [-0.3, -0.25) is 33.5 Å². The van der Waals surface area contributed by atoms with Gasteiger partial charge in [0.15, 0.2) is 0 Å². The molecule has 78 heavy (non-hydrogen) atoms. The van der Waals surface area contributed by atoms with Crippen LogP contribution in [0.15, 0.2) is 53.7 Å². The third kappa shape index (κ3) is 27.9. The monoisotopic (exact) mass is 1100 g/mol. The van der Waals surface area contributed by atoms with Crippen LogP contribution in [-0.2, 0) is 19.2 Å². The van der Waals surface area contributed by atoms with E-state index >= 15 is 0 Å². The van der Waals surface area contributed by atoms with Gasteiger partial charge in [0, 0.05) is 96.2 Å². The van der Waals surface area contributed by atoms with Crippen molar-refractivity contribution in [3.63, 3.8) is 0 Å². The molecule has 6 fully saturated rings. The van der Waals surface area contributed by atoms with Crippen LogP contribution in [0.1, 0.15) is 90.0 Å². The van der Waals surface area contributed by atoms with Crippen LogP contribution >= 0.6 is 0 Å². The van der Waals surface area contributed by atoms with Crippen molar-refractivity contribution in [1.29, 1.82) is 0 Å². The highest BCUT2D eigenvalue weighted by molar-refractivity contribution is 5.76. The average molecular weight is 1100 g/mol. The number of likely N-dealkylation sites (N-methyl/N-ethyl adjacent to an activating group) is 2. The number of aliphatic carboxylic acids is 2. The lowest BCUT2D eigenvalue weighted by atomic mass is 9.92. The number of hydrogen-bond acceptors (Lipinski definition) is 16. The maximum atomic E-state index is 12.1. The highest BCUT2D eigenvalue weighted by atomic mass is 16.4. The van der Waals surface area contributed by atoms with Crippen molar-refractivity contribution >= 4 is 23.8 Å². The minimum atomic E-state index is -0.758. The normalized spacial score (nSPS) is 22.3. The summed E-state index contributed by atoms with van der Waals surface area (Å²) >= 11 is 0. The highest BCUT2D eigenvalue weighted by Crippen LogP contribution is 2.24. The Hall–Kier alpha value is -4.75. The number of nitrogens with one attached hydrogen (secondary N) is 5. The Kier molecular flexibility index (Phi) is 32.9. The zero-order chi connectivity index (χ0) is 57.4. The smallest absolute Gasteiger partial charge is 0.326 e. The Balaban J connectivity index is 0.000000250. The molecule has 1 aromatic heterocycles. The number of piperazine rings is 2. The summed E-state index contributed by atoms with van der Waals surface area (Å²) in [4.78, 5) is 70.4.